The minimum absolute atomic E-state index is 0.0766. The molecule has 0 aliphatic carbocycles. The Morgan fingerprint density at radius 2 is 1.87 bits per heavy atom. The molecule has 1 N–H and O–H groups in total. The van der Waals surface area contributed by atoms with E-state index in [-0.39, 0.29) is 18.2 Å². The number of aliphatic carboxylic acids is 1. The first kappa shape index (κ1) is 24.0. The Labute approximate surface area is 184 Å². The molecule has 30 heavy (non-hydrogen) atoms. The zero-order valence-corrected chi connectivity index (χ0v) is 18.8. The van der Waals surface area contributed by atoms with Gasteiger partial charge in [-0.2, -0.15) is 0 Å². The first-order valence-corrected chi connectivity index (χ1v) is 10.8. The Kier molecular flexibility index (Phi) is 8.12. The van der Waals surface area contributed by atoms with Crippen LogP contribution in [0.2, 0.25) is 5.02 Å². The molecule has 1 aromatic heterocycles. The number of hydrogen-bond acceptors (Lipinski definition) is 8. The monoisotopic (exact) mass is 475 g/mol. The number of anilines is 1. The predicted octanol–water partition coefficient (Wildman–Crippen LogP) is 2.78. The Morgan fingerprint density at radius 3 is 2.40 bits per heavy atom. The maximum absolute atomic E-state index is 12.3. The standard InChI is InChI=1S/C17H21ClN4O6S2/c1-17(2,3)28-16(25)21(10-13(23)24)8-9-22(30(26)27)15-20-19-14(29-15)11-4-6-12(18)7-5-11/h4-7H,8-10H2,1-3H3,(H,23,24)(H,26,27)/p-1. The number of halogens is 1. The molecule has 0 aliphatic heterocycles. The molecule has 0 saturated heterocycles. The maximum atomic E-state index is 12.3. The zero-order chi connectivity index (χ0) is 22.5. The van der Waals surface area contributed by atoms with Crippen LogP contribution >= 0.6 is 22.9 Å². The topological polar surface area (TPSA) is 136 Å². The molecule has 0 radical (unpaired) electrons. The molecule has 1 atom stereocenters. The van der Waals surface area contributed by atoms with E-state index in [0.717, 1.165) is 20.5 Å². The number of nitrogens with zero attached hydrogens (tertiary/aromatic N) is 4. The van der Waals surface area contributed by atoms with Crippen LogP contribution in [0.5, 0.6) is 0 Å². The molecule has 2 aromatic rings. The van der Waals surface area contributed by atoms with Gasteiger partial charge in [0.05, 0.1) is 6.54 Å². The van der Waals surface area contributed by atoms with Gasteiger partial charge in [-0.25, -0.2) is 4.79 Å². The third-order valence-electron chi connectivity index (χ3n) is 3.45. The van der Waals surface area contributed by atoms with Crippen LogP contribution in [-0.4, -0.2) is 66.3 Å². The largest absolute Gasteiger partial charge is 0.755 e. The second-order valence-electron chi connectivity index (χ2n) is 7.01. The number of carboxylic acids is 1. The molecule has 10 nitrogen and oxygen atoms in total. The van der Waals surface area contributed by atoms with Crippen LogP contribution in [0.4, 0.5) is 9.93 Å². The highest BCUT2D eigenvalue weighted by atomic mass is 35.5. The van der Waals surface area contributed by atoms with Gasteiger partial charge in [0.2, 0.25) is 5.13 Å². The van der Waals surface area contributed by atoms with E-state index in [2.05, 4.69) is 10.2 Å². The summed E-state index contributed by atoms with van der Waals surface area (Å²) >= 11 is 4.17. The van der Waals surface area contributed by atoms with Crippen molar-refractivity contribution in [2.45, 2.75) is 26.4 Å². The summed E-state index contributed by atoms with van der Waals surface area (Å²) < 4.78 is 29.5. The number of carbonyl (C=O) groups excluding carboxylic acids is 1. The Balaban J connectivity index is 2.15. The summed E-state index contributed by atoms with van der Waals surface area (Å²) in [5.74, 6) is -1.25. The van der Waals surface area contributed by atoms with Crippen molar-refractivity contribution < 1.29 is 28.2 Å². The van der Waals surface area contributed by atoms with E-state index in [9.17, 15) is 18.4 Å². The molecule has 1 aromatic carbocycles. The quantitative estimate of drug-likeness (QED) is 0.575. The summed E-state index contributed by atoms with van der Waals surface area (Å²) in [5, 5.41) is 18.0. The van der Waals surface area contributed by atoms with Crippen LogP contribution in [0, 0.1) is 0 Å². The van der Waals surface area contributed by atoms with Crippen molar-refractivity contribution in [1.82, 2.24) is 15.1 Å². The van der Waals surface area contributed by atoms with Gasteiger partial charge in [0, 0.05) is 28.4 Å². The van der Waals surface area contributed by atoms with Crippen LogP contribution in [-0.2, 0) is 20.8 Å². The van der Waals surface area contributed by atoms with E-state index < -0.39 is 35.5 Å². The maximum Gasteiger partial charge on any atom is 0.410 e. The van der Waals surface area contributed by atoms with Crippen LogP contribution in [0.3, 0.4) is 0 Å². The number of carboxylic acid groups (broad SMARTS) is 1. The van der Waals surface area contributed by atoms with Gasteiger partial charge in [-0.1, -0.05) is 35.1 Å². The van der Waals surface area contributed by atoms with E-state index in [4.69, 9.17) is 21.4 Å². The highest BCUT2D eigenvalue weighted by molar-refractivity contribution is 7.80. The lowest BCUT2D eigenvalue weighted by molar-refractivity contribution is -0.138. The van der Waals surface area contributed by atoms with Crippen molar-refractivity contribution in [3.63, 3.8) is 0 Å². The Hall–Kier alpha value is -2.28. The summed E-state index contributed by atoms with van der Waals surface area (Å²) in [5.41, 5.74) is -0.122. The summed E-state index contributed by atoms with van der Waals surface area (Å²) in [6.45, 7) is 3.84. The number of hydrogen-bond donors (Lipinski definition) is 1. The second-order valence-corrected chi connectivity index (χ2v) is 9.28. The van der Waals surface area contributed by atoms with Crippen molar-refractivity contribution in [2.24, 2.45) is 0 Å². The number of benzene rings is 1. The molecule has 0 bridgehead atoms. The number of aromatic nitrogens is 2. The molecule has 0 spiro atoms. The Bertz CT molecular complexity index is 916. The SMILES string of the molecule is CC(C)(C)OC(=O)N(CCN(c1nnc(-c2ccc(Cl)cc2)s1)S(=O)[O-])CC(=O)O. The molecule has 1 amide bonds. The number of amides is 1. The van der Waals surface area contributed by atoms with E-state index in [1.807, 2.05) is 0 Å². The summed E-state index contributed by atoms with van der Waals surface area (Å²) in [4.78, 5) is 24.3. The van der Waals surface area contributed by atoms with Gasteiger partial charge in [-0.15, -0.1) is 10.2 Å². The third kappa shape index (κ3) is 7.20. The molecule has 13 heteroatoms. The van der Waals surface area contributed by atoms with Crippen LogP contribution in [0.1, 0.15) is 20.8 Å². The van der Waals surface area contributed by atoms with E-state index in [1.165, 1.54) is 0 Å². The van der Waals surface area contributed by atoms with Gasteiger partial charge >= 0.3 is 12.1 Å². The van der Waals surface area contributed by atoms with Crippen molar-refractivity contribution >= 4 is 51.4 Å². The first-order valence-electron chi connectivity index (χ1n) is 8.62. The lowest BCUT2D eigenvalue weighted by Crippen LogP contribution is -2.44. The van der Waals surface area contributed by atoms with E-state index in [1.54, 1.807) is 45.0 Å². The minimum atomic E-state index is -2.72. The minimum Gasteiger partial charge on any atom is -0.755 e. The van der Waals surface area contributed by atoms with Crippen molar-refractivity contribution in [3.8, 4) is 10.6 Å². The van der Waals surface area contributed by atoms with Crippen LogP contribution in [0.15, 0.2) is 24.3 Å². The average molecular weight is 476 g/mol. The molecule has 0 aliphatic rings. The van der Waals surface area contributed by atoms with Crippen LogP contribution in [0.25, 0.3) is 10.6 Å². The lowest BCUT2D eigenvalue weighted by atomic mass is 10.2. The normalized spacial score (nSPS) is 12.3. The molecule has 1 heterocycles. The molecule has 0 fully saturated rings. The predicted molar refractivity (Wildman–Crippen MR) is 112 cm³/mol. The smallest absolute Gasteiger partial charge is 0.410 e. The van der Waals surface area contributed by atoms with Gasteiger partial charge in [0.25, 0.3) is 0 Å². The molecular weight excluding hydrogens is 456 g/mol. The van der Waals surface area contributed by atoms with Crippen molar-refractivity contribution in [3.05, 3.63) is 29.3 Å². The van der Waals surface area contributed by atoms with Crippen molar-refractivity contribution in [2.75, 3.05) is 23.9 Å². The highest BCUT2D eigenvalue weighted by Crippen LogP contribution is 2.29. The third-order valence-corrected chi connectivity index (χ3v) is 5.53. The van der Waals surface area contributed by atoms with E-state index >= 15 is 0 Å². The molecule has 0 saturated carbocycles. The fraction of sp³-hybridized carbons (Fsp3) is 0.412. The molecule has 2 rings (SSSR count). The Morgan fingerprint density at radius 1 is 1.23 bits per heavy atom. The highest BCUT2D eigenvalue weighted by Gasteiger charge is 2.25. The lowest BCUT2D eigenvalue weighted by Gasteiger charge is -2.29. The van der Waals surface area contributed by atoms with Gasteiger partial charge < -0.3 is 14.4 Å². The molecular formula is C17H20ClN4O6S2-. The molecule has 1 unspecified atom stereocenters. The molecule has 164 valence electrons. The second kappa shape index (κ2) is 10.2. The zero-order valence-electron chi connectivity index (χ0n) is 16.4. The average Bonchev–Trinajstić information content (AvgIpc) is 3.09. The summed E-state index contributed by atoms with van der Waals surface area (Å²) in [6, 6.07) is 6.79. The first-order chi connectivity index (χ1) is 14.0. The summed E-state index contributed by atoms with van der Waals surface area (Å²) in [7, 11) is 0. The van der Waals surface area contributed by atoms with Gasteiger partial charge in [-0.05, 0) is 32.9 Å². The van der Waals surface area contributed by atoms with Gasteiger partial charge in [-0.3, -0.25) is 18.2 Å². The number of ether oxygens (including phenoxy) is 1. The van der Waals surface area contributed by atoms with Gasteiger partial charge in [0.15, 0.2) is 0 Å². The van der Waals surface area contributed by atoms with Gasteiger partial charge in [0.1, 0.15) is 17.2 Å². The van der Waals surface area contributed by atoms with Crippen molar-refractivity contribution in [1.29, 1.82) is 0 Å². The van der Waals surface area contributed by atoms with Crippen LogP contribution < -0.4 is 4.31 Å². The fourth-order valence-corrected chi connectivity index (χ4v) is 3.79. The summed E-state index contributed by atoms with van der Waals surface area (Å²) in [6.07, 6.45) is -0.861. The fourth-order valence-electron chi connectivity index (χ4n) is 2.20. The number of carbonyl (C=O) groups is 2. The number of rotatable bonds is 8. The van der Waals surface area contributed by atoms with E-state index in [0.29, 0.717) is 15.6 Å².